The Kier molecular flexibility index (Phi) is 3.39. The Bertz CT molecular complexity index is 739. The van der Waals surface area contributed by atoms with E-state index in [2.05, 4.69) is 20.5 Å². The number of fused-ring (bicyclic) bond motifs is 1. The molecule has 0 aliphatic heterocycles. The van der Waals surface area contributed by atoms with E-state index in [1.165, 1.54) is 0 Å². The molecule has 0 fully saturated rings. The van der Waals surface area contributed by atoms with Crippen LogP contribution in [-0.2, 0) is 6.54 Å². The first-order valence-electron chi connectivity index (χ1n) is 6.76. The highest BCUT2D eigenvalue weighted by molar-refractivity contribution is 5.92. The van der Waals surface area contributed by atoms with Crippen molar-refractivity contribution < 1.29 is 4.79 Å². The first kappa shape index (κ1) is 13.3. The van der Waals surface area contributed by atoms with Crippen molar-refractivity contribution in [3.05, 3.63) is 48.2 Å². The van der Waals surface area contributed by atoms with E-state index in [1.807, 2.05) is 26.0 Å². The van der Waals surface area contributed by atoms with Gasteiger partial charge < -0.3 is 5.32 Å². The number of nitrogens with one attached hydrogen (secondary N) is 1. The van der Waals surface area contributed by atoms with Gasteiger partial charge in [0.25, 0.3) is 5.91 Å². The predicted molar refractivity (Wildman–Crippen MR) is 76.8 cm³/mol. The maximum Gasteiger partial charge on any atom is 0.269 e. The molecular weight excluding hydrogens is 268 g/mol. The first-order chi connectivity index (χ1) is 10.1. The second kappa shape index (κ2) is 5.35. The van der Waals surface area contributed by atoms with Gasteiger partial charge in [0.15, 0.2) is 5.65 Å². The number of carbonyl (C=O) groups excluding carboxylic acids is 1. The standard InChI is InChI=1S/C14H16N6O/c1-10(2)20-12(5-7-17-20)14(21)15-8-11-9-19-13(18-11)4-3-6-16-19/h3-7,9-10H,8H2,1-2H3,(H,15,21). The molecule has 3 heterocycles. The zero-order chi connectivity index (χ0) is 14.8. The van der Waals surface area contributed by atoms with E-state index in [9.17, 15) is 4.79 Å². The zero-order valence-corrected chi connectivity index (χ0v) is 11.9. The van der Waals surface area contributed by atoms with Gasteiger partial charge in [0.1, 0.15) is 5.69 Å². The third-order valence-corrected chi connectivity index (χ3v) is 3.11. The summed E-state index contributed by atoms with van der Waals surface area (Å²) in [5.74, 6) is -0.161. The molecule has 3 rings (SSSR count). The Hall–Kier alpha value is -2.70. The Balaban J connectivity index is 1.72. The van der Waals surface area contributed by atoms with Crippen LogP contribution >= 0.6 is 0 Å². The summed E-state index contributed by atoms with van der Waals surface area (Å²) in [5, 5.41) is 11.2. The number of carbonyl (C=O) groups is 1. The summed E-state index contributed by atoms with van der Waals surface area (Å²) in [4.78, 5) is 16.6. The molecule has 0 radical (unpaired) electrons. The van der Waals surface area contributed by atoms with E-state index in [1.54, 1.807) is 33.9 Å². The lowest BCUT2D eigenvalue weighted by Crippen LogP contribution is -2.26. The first-order valence-corrected chi connectivity index (χ1v) is 6.76. The van der Waals surface area contributed by atoms with Gasteiger partial charge >= 0.3 is 0 Å². The summed E-state index contributed by atoms with van der Waals surface area (Å²) in [6, 6.07) is 5.54. The van der Waals surface area contributed by atoms with Crippen molar-refractivity contribution in [3.8, 4) is 0 Å². The molecule has 1 N–H and O–H groups in total. The van der Waals surface area contributed by atoms with Crippen molar-refractivity contribution in [1.82, 2.24) is 29.7 Å². The van der Waals surface area contributed by atoms with Crippen molar-refractivity contribution in [1.29, 1.82) is 0 Å². The minimum absolute atomic E-state index is 0.139. The van der Waals surface area contributed by atoms with Gasteiger partial charge in [0.2, 0.25) is 0 Å². The molecule has 108 valence electrons. The summed E-state index contributed by atoms with van der Waals surface area (Å²) in [6.45, 7) is 4.32. The Labute approximate surface area is 121 Å². The highest BCUT2D eigenvalue weighted by atomic mass is 16.2. The minimum Gasteiger partial charge on any atom is -0.345 e. The molecule has 0 aliphatic carbocycles. The maximum absolute atomic E-state index is 12.2. The van der Waals surface area contributed by atoms with Gasteiger partial charge in [-0.2, -0.15) is 10.2 Å². The summed E-state index contributed by atoms with van der Waals surface area (Å²) in [6.07, 6.45) is 5.12. The number of hydrogen-bond donors (Lipinski definition) is 1. The van der Waals surface area contributed by atoms with E-state index < -0.39 is 0 Å². The van der Waals surface area contributed by atoms with Crippen LogP contribution in [0.1, 0.15) is 36.1 Å². The lowest BCUT2D eigenvalue weighted by molar-refractivity contribution is 0.0938. The van der Waals surface area contributed by atoms with Gasteiger partial charge in [-0.1, -0.05) is 0 Å². The van der Waals surface area contributed by atoms with Gasteiger partial charge in [-0.3, -0.25) is 9.48 Å². The number of amides is 1. The van der Waals surface area contributed by atoms with Gasteiger partial charge in [-0.25, -0.2) is 9.50 Å². The van der Waals surface area contributed by atoms with Gasteiger partial charge in [0, 0.05) is 18.4 Å². The number of hydrogen-bond acceptors (Lipinski definition) is 4. The second-order valence-corrected chi connectivity index (χ2v) is 5.00. The second-order valence-electron chi connectivity index (χ2n) is 5.00. The number of rotatable bonds is 4. The summed E-state index contributed by atoms with van der Waals surface area (Å²) in [5.41, 5.74) is 2.07. The highest BCUT2D eigenvalue weighted by Gasteiger charge is 2.14. The molecule has 0 unspecified atom stereocenters. The van der Waals surface area contributed by atoms with Gasteiger partial charge in [0.05, 0.1) is 18.4 Å². The topological polar surface area (TPSA) is 77.1 Å². The fraction of sp³-hybridized carbons (Fsp3) is 0.286. The molecule has 21 heavy (non-hydrogen) atoms. The molecule has 1 amide bonds. The molecule has 0 atom stereocenters. The fourth-order valence-electron chi connectivity index (χ4n) is 2.13. The van der Waals surface area contributed by atoms with Crippen molar-refractivity contribution in [2.24, 2.45) is 0 Å². The molecular formula is C14H16N6O. The van der Waals surface area contributed by atoms with Crippen molar-refractivity contribution >= 4 is 11.6 Å². The largest absolute Gasteiger partial charge is 0.345 e. The molecule has 7 heteroatoms. The maximum atomic E-state index is 12.2. The van der Waals surface area contributed by atoms with Crippen LogP contribution < -0.4 is 5.32 Å². The van der Waals surface area contributed by atoms with Gasteiger partial charge in [-0.05, 0) is 32.0 Å². The summed E-state index contributed by atoms with van der Waals surface area (Å²) < 4.78 is 3.38. The van der Waals surface area contributed by atoms with Crippen LogP contribution in [0.5, 0.6) is 0 Å². The molecule has 3 aromatic heterocycles. The van der Waals surface area contributed by atoms with E-state index >= 15 is 0 Å². The van der Waals surface area contributed by atoms with Crippen molar-refractivity contribution in [2.75, 3.05) is 0 Å². The van der Waals surface area contributed by atoms with Gasteiger partial charge in [-0.15, -0.1) is 0 Å². The average Bonchev–Trinajstić information content (AvgIpc) is 3.10. The van der Waals surface area contributed by atoms with Crippen LogP contribution in [0.2, 0.25) is 0 Å². The van der Waals surface area contributed by atoms with Crippen molar-refractivity contribution in [2.45, 2.75) is 26.4 Å². The molecule has 7 nitrogen and oxygen atoms in total. The van der Waals surface area contributed by atoms with E-state index in [4.69, 9.17) is 0 Å². The van der Waals surface area contributed by atoms with Crippen LogP contribution in [0.15, 0.2) is 36.8 Å². The lowest BCUT2D eigenvalue weighted by atomic mass is 10.3. The Morgan fingerprint density at radius 2 is 2.14 bits per heavy atom. The van der Waals surface area contributed by atoms with Crippen LogP contribution in [0.4, 0.5) is 0 Å². The average molecular weight is 284 g/mol. The SMILES string of the molecule is CC(C)n1nccc1C(=O)NCc1cn2ncccc2n1. The fourth-order valence-corrected chi connectivity index (χ4v) is 2.13. The third-order valence-electron chi connectivity index (χ3n) is 3.11. The monoisotopic (exact) mass is 284 g/mol. The smallest absolute Gasteiger partial charge is 0.269 e. The third kappa shape index (κ3) is 2.62. The summed E-state index contributed by atoms with van der Waals surface area (Å²) in [7, 11) is 0. The highest BCUT2D eigenvalue weighted by Crippen LogP contribution is 2.08. The Morgan fingerprint density at radius 1 is 1.29 bits per heavy atom. The number of aromatic nitrogens is 5. The van der Waals surface area contributed by atoms with Crippen LogP contribution in [0.3, 0.4) is 0 Å². The van der Waals surface area contributed by atoms with E-state index in [0.717, 1.165) is 11.3 Å². The van der Waals surface area contributed by atoms with Crippen molar-refractivity contribution in [3.63, 3.8) is 0 Å². The molecule has 0 aliphatic rings. The number of nitrogens with zero attached hydrogens (tertiary/aromatic N) is 5. The van der Waals surface area contributed by atoms with Crippen LogP contribution in [0, 0.1) is 0 Å². The number of imidazole rings is 1. The molecule has 0 saturated carbocycles. The van der Waals surface area contributed by atoms with E-state index in [0.29, 0.717) is 12.2 Å². The summed E-state index contributed by atoms with van der Waals surface area (Å²) >= 11 is 0. The predicted octanol–water partition coefficient (Wildman–Crippen LogP) is 1.44. The minimum atomic E-state index is -0.161. The quantitative estimate of drug-likeness (QED) is 0.786. The lowest BCUT2D eigenvalue weighted by Gasteiger charge is -2.10. The van der Waals surface area contributed by atoms with E-state index in [-0.39, 0.29) is 11.9 Å². The molecule has 0 saturated heterocycles. The molecule has 0 bridgehead atoms. The normalized spacial score (nSPS) is 11.2. The van der Waals surface area contributed by atoms with Crippen LogP contribution in [-0.4, -0.2) is 30.3 Å². The van der Waals surface area contributed by atoms with Crippen LogP contribution in [0.25, 0.3) is 5.65 Å². The molecule has 3 aromatic rings. The molecule has 0 aromatic carbocycles. The Morgan fingerprint density at radius 3 is 2.90 bits per heavy atom. The molecule has 0 spiro atoms. The zero-order valence-electron chi connectivity index (χ0n) is 11.9.